The lowest BCUT2D eigenvalue weighted by Crippen LogP contribution is -2.52. The smallest absolute Gasteiger partial charge is 0.0303 e. The van der Waals surface area contributed by atoms with Crippen molar-refractivity contribution in [2.24, 2.45) is 5.73 Å². The summed E-state index contributed by atoms with van der Waals surface area (Å²) in [6.07, 6.45) is 9.45. The normalized spacial score (nSPS) is 21.5. The maximum Gasteiger partial charge on any atom is 0.0303 e. The fourth-order valence-corrected chi connectivity index (χ4v) is 3.67. The van der Waals surface area contributed by atoms with E-state index >= 15 is 0 Å². The van der Waals surface area contributed by atoms with Crippen molar-refractivity contribution in [3.05, 3.63) is 0 Å². The van der Waals surface area contributed by atoms with Gasteiger partial charge in [-0.2, -0.15) is 11.8 Å². The maximum absolute atomic E-state index is 6.08. The Morgan fingerprint density at radius 3 is 2.61 bits per heavy atom. The number of unbranched alkanes of at least 4 members (excludes halogenated alkanes) is 4. The second-order valence-corrected chi connectivity index (χ2v) is 7.04. The van der Waals surface area contributed by atoms with Gasteiger partial charge in [-0.3, -0.25) is 4.90 Å². The van der Waals surface area contributed by atoms with Gasteiger partial charge in [0.05, 0.1) is 0 Å². The first-order valence-electron chi connectivity index (χ1n) is 7.76. The largest absolute Gasteiger partial charge is 0.329 e. The maximum atomic E-state index is 6.08. The number of thioether (sulfide) groups is 1. The third kappa shape index (κ3) is 5.50. The van der Waals surface area contributed by atoms with E-state index in [2.05, 4.69) is 30.5 Å². The van der Waals surface area contributed by atoms with Gasteiger partial charge in [0.1, 0.15) is 0 Å². The van der Waals surface area contributed by atoms with E-state index in [4.69, 9.17) is 5.73 Å². The van der Waals surface area contributed by atoms with E-state index in [0.29, 0.717) is 0 Å². The lowest BCUT2D eigenvalue weighted by molar-refractivity contribution is 0.108. The van der Waals surface area contributed by atoms with Crippen LogP contribution in [0.15, 0.2) is 0 Å². The van der Waals surface area contributed by atoms with Gasteiger partial charge in [0.25, 0.3) is 0 Å². The van der Waals surface area contributed by atoms with Crippen molar-refractivity contribution in [2.75, 3.05) is 31.1 Å². The molecule has 2 nitrogen and oxygen atoms in total. The fraction of sp³-hybridized carbons (Fsp3) is 1.00. The molecular weight excluding hydrogens is 240 g/mol. The Morgan fingerprint density at radius 1 is 1.11 bits per heavy atom. The van der Waals surface area contributed by atoms with Crippen LogP contribution in [-0.2, 0) is 0 Å². The highest BCUT2D eigenvalue weighted by Crippen LogP contribution is 2.25. The Bertz CT molecular complexity index is 203. The molecule has 1 aliphatic rings. The van der Waals surface area contributed by atoms with Crippen LogP contribution in [0.2, 0.25) is 0 Å². The third-order valence-corrected chi connectivity index (χ3v) is 5.29. The van der Waals surface area contributed by atoms with Crippen LogP contribution in [0.5, 0.6) is 0 Å². The summed E-state index contributed by atoms with van der Waals surface area (Å²) in [6, 6.07) is 0. The number of hydrogen-bond donors (Lipinski definition) is 1. The van der Waals surface area contributed by atoms with Crippen LogP contribution in [0, 0.1) is 0 Å². The third-order valence-electron chi connectivity index (χ3n) is 4.24. The molecule has 1 unspecified atom stereocenters. The zero-order chi connectivity index (χ0) is 13.3. The molecule has 0 aromatic carbocycles. The summed E-state index contributed by atoms with van der Waals surface area (Å²) in [5.41, 5.74) is 6.33. The average Bonchev–Trinajstić information content (AvgIpc) is 2.67. The van der Waals surface area contributed by atoms with Crippen molar-refractivity contribution in [3.63, 3.8) is 0 Å². The Labute approximate surface area is 118 Å². The summed E-state index contributed by atoms with van der Waals surface area (Å²) in [5.74, 6) is 2.61. The summed E-state index contributed by atoms with van der Waals surface area (Å²) in [7, 11) is 0. The van der Waals surface area contributed by atoms with E-state index in [1.807, 2.05) is 0 Å². The molecule has 18 heavy (non-hydrogen) atoms. The highest BCUT2D eigenvalue weighted by molar-refractivity contribution is 7.99. The Kier molecular flexibility index (Phi) is 8.36. The van der Waals surface area contributed by atoms with Gasteiger partial charge < -0.3 is 5.73 Å². The highest BCUT2D eigenvalue weighted by Gasteiger charge is 2.30. The van der Waals surface area contributed by atoms with Crippen LogP contribution < -0.4 is 5.73 Å². The van der Waals surface area contributed by atoms with Crippen molar-refractivity contribution in [2.45, 2.75) is 64.3 Å². The van der Waals surface area contributed by atoms with E-state index in [-0.39, 0.29) is 5.54 Å². The standard InChI is InChI=1S/C15H32N2S/c1-3-4-5-6-7-9-15(2,14-16)17-10-8-12-18-13-11-17/h3-14,16H2,1-2H3. The second-order valence-electron chi connectivity index (χ2n) is 5.82. The van der Waals surface area contributed by atoms with Gasteiger partial charge in [-0.25, -0.2) is 0 Å². The molecular formula is C15H32N2S. The zero-order valence-electron chi connectivity index (χ0n) is 12.4. The summed E-state index contributed by atoms with van der Waals surface area (Å²) < 4.78 is 0. The molecule has 1 atom stereocenters. The van der Waals surface area contributed by atoms with Crippen molar-refractivity contribution < 1.29 is 0 Å². The number of nitrogens with zero attached hydrogens (tertiary/aromatic N) is 1. The molecule has 1 fully saturated rings. The molecule has 0 amide bonds. The summed E-state index contributed by atoms with van der Waals surface area (Å²) in [4.78, 5) is 2.66. The number of nitrogens with two attached hydrogens (primary N) is 1. The van der Waals surface area contributed by atoms with Gasteiger partial charge >= 0.3 is 0 Å². The molecule has 0 aromatic rings. The lowest BCUT2D eigenvalue weighted by atomic mass is 9.91. The van der Waals surface area contributed by atoms with E-state index in [1.54, 1.807) is 0 Å². The molecule has 0 bridgehead atoms. The predicted octanol–water partition coefficient (Wildman–Crippen LogP) is 3.50. The van der Waals surface area contributed by atoms with Gasteiger partial charge in [0.2, 0.25) is 0 Å². The summed E-state index contributed by atoms with van der Waals surface area (Å²) >= 11 is 2.10. The van der Waals surface area contributed by atoms with Crippen molar-refractivity contribution in [1.29, 1.82) is 0 Å². The van der Waals surface area contributed by atoms with Crippen molar-refractivity contribution >= 4 is 11.8 Å². The van der Waals surface area contributed by atoms with Crippen LogP contribution in [0.1, 0.15) is 58.8 Å². The quantitative estimate of drug-likeness (QED) is 0.686. The minimum atomic E-state index is 0.247. The molecule has 0 radical (unpaired) electrons. The Balaban J connectivity index is 2.34. The predicted molar refractivity (Wildman–Crippen MR) is 84.4 cm³/mol. The molecule has 1 aliphatic heterocycles. The van der Waals surface area contributed by atoms with E-state index in [1.165, 1.54) is 69.5 Å². The van der Waals surface area contributed by atoms with E-state index < -0.39 is 0 Å². The number of rotatable bonds is 8. The molecule has 108 valence electrons. The summed E-state index contributed by atoms with van der Waals surface area (Å²) in [5, 5.41) is 0. The van der Waals surface area contributed by atoms with Crippen LogP contribution >= 0.6 is 11.8 Å². The van der Waals surface area contributed by atoms with Crippen LogP contribution in [0.25, 0.3) is 0 Å². The van der Waals surface area contributed by atoms with Crippen LogP contribution in [0.3, 0.4) is 0 Å². The van der Waals surface area contributed by atoms with Gasteiger partial charge in [-0.05, 0) is 32.1 Å². The minimum absolute atomic E-state index is 0.247. The van der Waals surface area contributed by atoms with Crippen molar-refractivity contribution in [3.8, 4) is 0 Å². The summed E-state index contributed by atoms with van der Waals surface area (Å²) in [6.45, 7) is 7.94. The van der Waals surface area contributed by atoms with Crippen molar-refractivity contribution in [1.82, 2.24) is 4.90 Å². The molecule has 0 aliphatic carbocycles. The molecule has 1 saturated heterocycles. The molecule has 1 rings (SSSR count). The molecule has 0 aromatic heterocycles. The molecule has 0 spiro atoms. The van der Waals surface area contributed by atoms with Crippen LogP contribution in [-0.4, -0.2) is 41.6 Å². The zero-order valence-corrected chi connectivity index (χ0v) is 13.2. The fourth-order valence-electron chi connectivity index (χ4n) is 2.78. The molecule has 1 heterocycles. The Morgan fingerprint density at radius 2 is 1.89 bits per heavy atom. The topological polar surface area (TPSA) is 29.3 Å². The van der Waals surface area contributed by atoms with Crippen LogP contribution in [0.4, 0.5) is 0 Å². The van der Waals surface area contributed by atoms with Gasteiger partial charge in [-0.15, -0.1) is 0 Å². The molecule has 3 heteroatoms. The van der Waals surface area contributed by atoms with Gasteiger partial charge in [0, 0.05) is 24.4 Å². The highest BCUT2D eigenvalue weighted by atomic mass is 32.2. The molecule has 2 N–H and O–H groups in total. The SMILES string of the molecule is CCCCCCCC(C)(CN)N1CCCSCC1. The first-order chi connectivity index (χ1) is 8.73. The van der Waals surface area contributed by atoms with E-state index in [9.17, 15) is 0 Å². The van der Waals surface area contributed by atoms with Gasteiger partial charge in [-0.1, -0.05) is 39.0 Å². The Hall–Kier alpha value is 0.270. The average molecular weight is 273 g/mol. The first kappa shape index (κ1) is 16.3. The molecule has 0 saturated carbocycles. The van der Waals surface area contributed by atoms with E-state index in [0.717, 1.165) is 6.54 Å². The minimum Gasteiger partial charge on any atom is -0.329 e. The monoisotopic (exact) mass is 272 g/mol. The first-order valence-corrected chi connectivity index (χ1v) is 8.91. The second kappa shape index (κ2) is 9.22. The lowest BCUT2D eigenvalue weighted by Gasteiger charge is -2.40. The number of hydrogen-bond acceptors (Lipinski definition) is 3. The van der Waals surface area contributed by atoms with Gasteiger partial charge in [0.15, 0.2) is 0 Å².